The lowest BCUT2D eigenvalue weighted by atomic mass is 10.1. The number of hydrogen-bond acceptors (Lipinski definition) is 3. The van der Waals surface area contributed by atoms with Crippen molar-refractivity contribution < 1.29 is 14.3 Å². The fourth-order valence-corrected chi connectivity index (χ4v) is 2.77. The molecule has 4 nitrogen and oxygen atoms in total. The van der Waals surface area contributed by atoms with Crippen LogP contribution in [0.5, 0.6) is 11.5 Å². The number of ether oxygens (including phenoxy) is 2. The quantitative estimate of drug-likeness (QED) is 0.586. The summed E-state index contributed by atoms with van der Waals surface area (Å²) in [5, 5.41) is 2.88. The summed E-state index contributed by atoms with van der Waals surface area (Å²) >= 11 is 0. The zero-order valence-electron chi connectivity index (χ0n) is 16.2. The standard InChI is InChI=1S/C24H25NO3/c1-3-20-11-7-8-12-23(20)28-18(2)24(26)25-21-13-15-22(16-14-21)27-17-19-9-5-4-6-10-19/h4-16,18H,3,17H2,1-2H3,(H,25,26)/t18-/m1/s1. The highest BCUT2D eigenvalue weighted by Gasteiger charge is 2.16. The van der Waals surface area contributed by atoms with Gasteiger partial charge in [-0.1, -0.05) is 55.5 Å². The summed E-state index contributed by atoms with van der Waals surface area (Å²) in [7, 11) is 0. The van der Waals surface area contributed by atoms with Gasteiger partial charge in [-0.3, -0.25) is 4.79 Å². The Labute approximate surface area is 166 Å². The Morgan fingerprint density at radius 1 is 0.929 bits per heavy atom. The number of aryl methyl sites for hydroxylation is 1. The highest BCUT2D eigenvalue weighted by atomic mass is 16.5. The van der Waals surface area contributed by atoms with Crippen LogP contribution in [0.1, 0.15) is 25.0 Å². The molecule has 4 heteroatoms. The van der Waals surface area contributed by atoms with E-state index in [0.717, 1.165) is 29.0 Å². The van der Waals surface area contributed by atoms with Gasteiger partial charge in [0.05, 0.1) is 0 Å². The Balaban J connectivity index is 1.53. The summed E-state index contributed by atoms with van der Waals surface area (Å²) in [6.45, 7) is 4.32. The van der Waals surface area contributed by atoms with Crippen LogP contribution in [-0.2, 0) is 17.8 Å². The summed E-state index contributed by atoms with van der Waals surface area (Å²) in [6, 6.07) is 25.1. The molecule has 0 bridgehead atoms. The van der Waals surface area contributed by atoms with Gasteiger partial charge >= 0.3 is 0 Å². The van der Waals surface area contributed by atoms with E-state index in [-0.39, 0.29) is 5.91 Å². The molecule has 3 aromatic rings. The third-order valence-electron chi connectivity index (χ3n) is 4.40. The lowest BCUT2D eigenvalue weighted by Crippen LogP contribution is -2.30. The Bertz CT molecular complexity index is 891. The second kappa shape index (κ2) is 9.60. The van der Waals surface area contributed by atoms with E-state index in [0.29, 0.717) is 12.3 Å². The minimum absolute atomic E-state index is 0.191. The Kier molecular flexibility index (Phi) is 6.68. The number of rotatable bonds is 8. The predicted octanol–water partition coefficient (Wildman–Crippen LogP) is 5.23. The summed E-state index contributed by atoms with van der Waals surface area (Å²) < 4.78 is 11.6. The van der Waals surface area contributed by atoms with Crippen molar-refractivity contribution in [3.63, 3.8) is 0 Å². The molecule has 0 radical (unpaired) electrons. The van der Waals surface area contributed by atoms with Crippen molar-refractivity contribution in [3.05, 3.63) is 90.0 Å². The molecular formula is C24H25NO3. The van der Waals surface area contributed by atoms with Crippen LogP contribution in [-0.4, -0.2) is 12.0 Å². The first-order chi connectivity index (χ1) is 13.7. The van der Waals surface area contributed by atoms with Gasteiger partial charge in [0.15, 0.2) is 6.10 Å². The molecule has 0 saturated carbocycles. The van der Waals surface area contributed by atoms with Crippen LogP contribution < -0.4 is 14.8 Å². The zero-order valence-corrected chi connectivity index (χ0v) is 16.2. The third kappa shape index (κ3) is 5.36. The molecule has 1 atom stereocenters. The maximum Gasteiger partial charge on any atom is 0.265 e. The number of carbonyl (C=O) groups is 1. The molecule has 0 aromatic heterocycles. The average molecular weight is 375 g/mol. The maximum absolute atomic E-state index is 12.4. The van der Waals surface area contributed by atoms with Crippen LogP contribution in [0.25, 0.3) is 0 Å². The Morgan fingerprint density at radius 3 is 2.32 bits per heavy atom. The average Bonchev–Trinajstić information content (AvgIpc) is 2.74. The molecule has 0 fully saturated rings. The predicted molar refractivity (Wildman–Crippen MR) is 112 cm³/mol. The molecule has 3 rings (SSSR count). The molecule has 144 valence electrons. The van der Waals surface area contributed by atoms with Crippen molar-refractivity contribution in [2.45, 2.75) is 33.0 Å². The zero-order chi connectivity index (χ0) is 19.8. The van der Waals surface area contributed by atoms with Crippen LogP contribution in [0.2, 0.25) is 0 Å². The Hall–Kier alpha value is -3.27. The number of benzene rings is 3. The first kappa shape index (κ1) is 19.5. The molecule has 3 aromatic carbocycles. The second-order valence-corrected chi connectivity index (χ2v) is 6.51. The van der Waals surface area contributed by atoms with Gasteiger partial charge in [0.25, 0.3) is 5.91 Å². The van der Waals surface area contributed by atoms with Crippen molar-refractivity contribution in [1.82, 2.24) is 0 Å². The lowest BCUT2D eigenvalue weighted by molar-refractivity contribution is -0.122. The summed E-state index contributed by atoms with van der Waals surface area (Å²) in [6.07, 6.45) is 0.260. The van der Waals surface area contributed by atoms with Gasteiger partial charge in [-0.15, -0.1) is 0 Å². The van der Waals surface area contributed by atoms with Crippen molar-refractivity contribution in [2.24, 2.45) is 0 Å². The van der Waals surface area contributed by atoms with E-state index in [2.05, 4.69) is 12.2 Å². The lowest BCUT2D eigenvalue weighted by Gasteiger charge is -2.17. The van der Waals surface area contributed by atoms with E-state index in [1.807, 2.05) is 78.9 Å². The van der Waals surface area contributed by atoms with Crippen LogP contribution in [0.4, 0.5) is 5.69 Å². The van der Waals surface area contributed by atoms with Crippen LogP contribution >= 0.6 is 0 Å². The number of anilines is 1. The summed E-state index contributed by atoms with van der Waals surface area (Å²) in [5.41, 5.74) is 2.90. The van der Waals surface area contributed by atoms with Crippen molar-refractivity contribution in [1.29, 1.82) is 0 Å². The van der Waals surface area contributed by atoms with Gasteiger partial charge in [0, 0.05) is 5.69 Å². The Morgan fingerprint density at radius 2 is 1.61 bits per heavy atom. The monoisotopic (exact) mass is 375 g/mol. The number of nitrogens with one attached hydrogen (secondary N) is 1. The largest absolute Gasteiger partial charge is 0.489 e. The molecule has 1 amide bonds. The topological polar surface area (TPSA) is 47.6 Å². The molecule has 0 aliphatic carbocycles. The number of hydrogen-bond donors (Lipinski definition) is 1. The maximum atomic E-state index is 12.4. The second-order valence-electron chi connectivity index (χ2n) is 6.51. The minimum Gasteiger partial charge on any atom is -0.489 e. The minimum atomic E-state index is -0.596. The first-order valence-electron chi connectivity index (χ1n) is 9.48. The van der Waals surface area contributed by atoms with Crippen LogP contribution in [0, 0.1) is 0 Å². The molecule has 0 aliphatic heterocycles. The van der Waals surface area contributed by atoms with Crippen molar-refractivity contribution >= 4 is 11.6 Å². The van der Waals surface area contributed by atoms with Gasteiger partial charge in [-0.05, 0) is 54.8 Å². The van der Waals surface area contributed by atoms with E-state index in [1.165, 1.54) is 0 Å². The molecule has 1 N–H and O–H groups in total. The smallest absolute Gasteiger partial charge is 0.265 e. The highest BCUT2D eigenvalue weighted by molar-refractivity contribution is 5.94. The molecule has 0 aliphatic rings. The molecule has 28 heavy (non-hydrogen) atoms. The molecule has 0 heterocycles. The van der Waals surface area contributed by atoms with Gasteiger partial charge < -0.3 is 14.8 Å². The van der Waals surface area contributed by atoms with Gasteiger partial charge in [-0.25, -0.2) is 0 Å². The van der Waals surface area contributed by atoms with Gasteiger partial charge in [0.1, 0.15) is 18.1 Å². The number of para-hydroxylation sites is 1. The number of carbonyl (C=O) groups excluding carboxylic acids is 1. The van der Waals surface area contributed by atoms with Crippen LogP contribution in [0.15, 0.2) is 78.9 Å². The molecule has 0 saturated heterocycles. The van der Waals surface area contributed by atoms with Crippen LogP contribution in [0.3, 0.4) is 0 Å². The SMILES string of the molecule is CCc1ccccc1O[C@H](C)C(=O)Nc1ccc(OCc2ccccc2)cc1. The van der Waals surface area contributed by atoms with E-state index in [4.69, 9.17) is 9.47 Å². The highest BCUT2D eigenvalue weighted by Crippen LogP contribution is 2.21. The van der Waals surface area contributed by atoms with E-state index in [1.54, 1.807) is 6.92 Å². The van der Waals surface area contributed by atoms with Gasteiger partial charge in [-0.2, -0.15) is 0 Å². The first-order valence-corrected chi connectivity index (χ1v) is 9.48. The summed E-state index contributed by atoms with van der Waals surface area (Å²) in [4.78, 5) is 12.4. The number of amides is 1. The fraction of sp³-hybridized carbons (Fsp3) is 0.208. The molecular weight excluding hydrogens is 350 g/mol. The molecule has 0 unspecified atom stereocenters. The molecule has 0 spiro atoms. The van der Waals surface area contributed by atoms with E-state index >= 15 is 0 Å². The normalized spacial score (nSPS) is 11.5. The summed E-state index contributed by atoms with van der Waals surface area (Å²) in [5.74, 6) is 1.31. The van der Waals surface area contributed by atoms with E-state index in [9.17, 15) is 4.79 Å². The van der Waals surface area contributed by atoms with Crippen molar-refractivity contribution in [3.8, 4) is 11.5 Å². The fourth-order valence-electron chi connectivity index (χ4n) is 2.77. The van der Waals surface area contributed by atoms with Gasteiger partial charge in [0.2, 0.25) is 0 Å². The third-order valence-corrected chi connectivity index (χ3v) is 4.40. The van der Waals surface area contributed by atoms with Crippen molar-refractivity contribution in [2.75, 3.05) is 5.32 Å². The van der Waals surface area contributed by atoms with E-state index < -0.39 is 6.10 Å².